The van der Waals surface area contributed by atoms with E-state index < -0.39 is 0 Å². The molecule has 0 spiro atoms. The largest absolute Gasteiger partial charge is 0.376 e. The van der Waals surface area contributed by atoms with Gasteiger partial charge in [0, 0.05) is 49.8 Å². The van der Waals surface area contributed by atoms with Crippen molar-refractivity contribution in [1.82, 2.24) is 10.2 Å². The van der Waals surface area contributed by atoms with Crippen LogP contribution in [-0.4, -0.2) is 43.2 Å². The molecule has 0 saturated heterocycles. The zero-order valence-electron chi connectivity index (χ0n) is 20.5. The van der Waals surface area contributed by atoms with Gasteiger partial charge in [-0.25, -0.2) is 4.99 Å². The van der Waals surface area contributed by atoms with Gasteiger partial charge in [0.2, 0.25) is 0 Å². The highest BCUT2D eigenvalue weighted by Crippen LogP contribution is 2.33. The van der Waals surface area contributed by atoms with Gasteiger partial charge in [0.05, 0.1) is 17.6 Å². The lowest BCUT2D eigenvalue weighted by Crippen LogP contribution is -2.24. The Bertz CT molecular complexity index is 1070. The average Bonchev–Trinajstić information content (AvgIpc) is 3.25. The summed E-state index contributed by atoms with van der Waals surface area (Å²) in [5, 5.41) is 10.6. The number of aliphatic imine (C=N–C) groups is 1. The molecule has 0 atom stereocenters. The minimum atomic E-state index is 0.706. The molecule has 33 heavy (non-hydrogen) atoms. The van der Waals surface area contributed by atoms with Gasteiger partial charge >= 0.3 is 0 Å². The molecule has 0 aliphatic rings. The monoisotopic (exact) mass is 444 g/mol. The fourth-order valence-corrected chi connectivity index (χ4v) is 3.85. The Morgan fingerprint density at radius 1 is 1.09 bits per heavy atom. The average molecular weight is 445 g/mol. The van der Waals surface area contributed by atoms with Gasteiger partial charge in [-0.1, -0.05) is 26.5 Å². The van der Waals surface area contributed by atoms with Crippen LogP contribution in [0.15, 0.2) is 66.3 Å². The molecule has 0 bridgehead atoms. The fraction of sp³-hybridized carbons (Fsp3) is 0.333. The zero-order chi connectivity index (χ0) is 23.8. The highest BCUT2D eigenvalue weighted by atomic mass is 15.1. The van der Waals surface area contributed by atoms with Crippen molar-refractivity contribution in [3.05, 3.63) is 67.0 Å². The van der Waals surface area contributed by atoms with Crippen LogP contribution < -0.4 is 15.1 Å². The summed E-state index contributed by atoms with van der Waals surface area (Å²) >= 11 is 0. The third kappa shape index (κ3) is 6.04. The molecule has 174 valence electrons. The molecular formula is C27H36N6. The van der Waals surface area contributed by atoms with Crippen molar-refractivity contribution < 1.29 is 0 Å². The number of benzene rings is 2. The van der Waals surface area contributed by atoms with Crippen molar-refractivity contribution in [3.8, 4) is 11.1 Å². The van der Waals surface area contributed by atoms with Crippen LogP contribution >= 0.6 is 0 Å². The van der Waals surface area contributed by atoms with Crippen LogP contribution in [0.4, 0.5) is 22.7 Å². The van der Waals surface area contributed by atoms with Gasteiger partial charge in [-0.3, -0.25) is 5.10 Å². The molecule has 0 amide bonds. The summed E-state index contributed by atoms with van der Waals surface area (Å²) in [5.74, 6) is 0.706. The Kier molecular flexibility index (Phi) is 8.30. The topological polar surface area (TPSA) is 59.6 Å². The number of nitrogens with zero attached hydrogens (tertiary/aromatic N) is 4. The number of hydrogen-bond acceptors (Lipinski definition) is 4. The molecule has 1 aromatic heterocycles. The minimum absolute atomic E-state index is 0.706. The molecule has 6 heteroatoms. The van der Waals surface area contributed by atoms with Crippen molar-refractivity contribution in [2.45, 2.75) is 33.6 Å². The predicted octanol–water partition coefficient (Wildman–Crippen LogP) is 6.41. The van der Waals surface area contributed by atoms with E-state index in [1.807, 2.05) is 33.3 Å². The quantitative estimate of drug-likeness (QED) is 0.280. The zero-order valence-corrected chi connectivity index (χ0v) is 20.5. The lowest BCUT2D eigenvalue weighted by atomic mass is 10.1. The van der Waals surface area contributed by atoms with Gasteiger partial charge in [-0.2, -0.15) is 5.10 Å². The molecule has 3 rings (SSSR count). The number of H-pyrrole nitrogens is 1. The highest BCUT2D eigenvalue weighted by Gasteiger charge is 2.11. The standard InChI is InChI=1S/C27H36N6/c1-7-16-33(17-8-2)23-13-11-22(12-14-23)29-27(9-3)30-25-15-10-21(18-26(25)32(5)6)24-19-28-31-20(24)4/h9-15,18-19H,3,7-8,16-17H2,1-2,4-6H3,(H,28,31)(H,29,30). The number of aryl methyl sites for hydroxylation is 1. The third-order valence-electron chi connectivity index (χ3n) is 5.52. The van der Waals surface area contributed by atoms with Gasteiger partial charge in [-0.05, 0) is 67.8 Å². The molecule has 0 aliphatic heterocycles. The number of aromatic amines is 1. The summed E-state index contributed by atoms with van der Waals surface area (Å²) in [6, 6.07) is 14.8. The Hall–Kier alpha value is -3.54. The van der Waals surface area contributed by atoms with E-state index in [1.165, 1.54) is 5.69 Å². The predicted molar refractivity (Wildman–Crippen MR) is 143 cm³/mol. The van der Waals surface area contributed by atoms with E-state index in [0.29, 0.717) is 5.84 Å². The maximum atomic E-state index is 4.87. The Morgan fingerprint density at radius 3 is 2.33 bits per heavy atom. The van der Waals surface area contributed by atoms with Gasteiger partial charge in [-0.15, -0.1) is 0 Å². The van der Waals surface area contributed by atoms with Crippen molar-refractivity contribution in [3.63, 3.8) is 0 Å². The SMILES string of the molecule is C=C/C(=N\c1ccc(-c2cn[nH]c2C)cc1N(C)C)Nc1ccc(N(CCC)CCC)cc1. The first-order valence-corrected chi connectivity index (χ1v) is 11.6. The molecule has 0 fully saturated rings. The number of hydrogen-bond donors (Lipinski definition) is 2. The second-order valence-electron chi connectivity index (χ2n) is 8.37. The van der Waals surface area contributed by atoms with Crippen LogP contribution in [0.1, 0.15) is 32.4 Å². The molecule has 0 unspecified atom stereocenters. The Labute approximate surface area is 198 Å². The van der Waals surface area contributed by atoms with Crippen molar-refractivity contribution in [1.29, 1.82) is 0 Å². The van der Waals surface area contributed by atoms with Gasteiger partial charge in [0.25, 0.3) is 0 Å². The van der Waals surface area contributed by atoms with Crippen molar-refractivity contribution >= 4 is 28.6 Å². The van der Waals surface area contributed by atoms with E-state index in [9.17, 15) is 0 Å². The Balaban J connectivity index is 1.84. The minimum Gasteiger partial charge on any atom is -0.376 e. The van der Waals surface area contributed by atoms with Crippen LogP contribution in [0, 0.1) is 6.92 Å². The Morgan fingerprint density at radius 2 is 1.79 bits per heavy atom. The van der Waals surface area contributed by atoms with Crippen molar-refractivity contribution in [2.75, 3.05) is 42.3 Å². The second-order valence-corrected chi connectivity index (χ2v) is 8.37. The summed E-state index contributed by atoms with van der Waals surface area (Å²) in [4.78, 5) is 9.37. The molecular weight excluding hydrogens is 408 g/mol. The summed E-state index contributed by atoms with van der Waals surface area (Å²) in [6.07, 6.45) is 5.89. The van der Waals surface area contributed by atoms with E-state index in [-0.39, 0.29) is 0 Å². The normalized spacial score (nSPS) is 11.4. The lowest BCUT2D eigenvalue weighted by Gasteiger charge is -2.24. The van der Waals surface area contributed by atoms with Crippen molar-refractivity contribution in [2.24, 2.45) is 4.99 Å². The highest BCUT2D eigenvalue weighted by molar-refractivity contribution is 6.05. The van der Waals surface area contributed by atoms with Crippen LogP contribution in [0.2, 0.25) is 0 Å². The molecule has 0 aliphatic carbocycles. The van der Waals surface area contributed by atoms with Gasteiger partial charge < -0.3 is 15.1 Å². The molecule has 0 radical (unpaired) electrons. The van der Waals surface area contributed by atoms with Crippen LogP contribution in [0.25, 0.3) is 11.1 Å². The molecule has 1 heterocycles. The van der Waals surface area contributed by atoms with Gasteiger partial charge in [0.1, 0.15) is 5.84 Å². The molecule has 6 nitrogen and oxygen atoms in total. The first-order valence-electron chi connectivity index (χ1n) is 11.6. The van der Waals surface area contributed by atoms with E-state index in [0.717, 1.165) is 59.8 Å². The number of amidine groups is 1. The van der Waals surface area contributed by atoms with Gasteiger partial charge in [0.15, 0.2) is 0 Å². The maximum Gasteiger partial charge on any atom is 0.130 e. The smallest absolute Gasteiger partial charge is 0.130 e. The summed E-state index contributed by atoms with van der Waals surface area (Å²) in [6.45, 7) is 12.6. The number of anilines is 3. The maximum absolute atomic E-state index is 4.87. The fourth-order valence-electron chi connectivity index (χ4n) is 3.85. The first-order chi connectivity index (χ1) is 16.0. The summed E-state index contributed by atoms with van der Waals surface area (Å²) < 4.78 is 0. The van der Waals surface area contributed by atoms with E-state index in [1.54, 1.807) is 6.08 Å². The molecule has 2 aromatic carbocycles. The third-order valence-corrected chi connectivity index (χ3v) is 5.52. The van der Waals surface area contributed by atoms with Crippen LogP contribution in [0.5, 0.6) is 0 Å². The van der Waals surface area contributed by atoms with E-state index in [2.05, 4.69) is 82.1 Å². The van der Waals surface area contributed by atoms with Crippen LogP contribution in [-0.2, 0) is 0 Å². The first kappa shape index (κ1) is 24.1. The molecule has 2 N–H and O–H groups in total. The lowest BCUT2D eigenvalue weighted by molar-refractivity contribution is 0.745. The molecule has 3 aromatic rings. The van der Waals surface area contributed by atoms with Crippen LogP contribution in [0.3, 0.4) is 0 Å². The number of aromatic nitrogens is 2. The second kappa shape index (κ2) is 11.4. The van der Waals surface area contributed by atoms with E-state index >= 15 is 0 Å². The molecule has 0 saturated carbocycles. The number of rotatable bonds is 10. The number of nitrogens with one attached hydrogen (secondary N) is 2. The summed E-state index contributed by atoms with van der Waals surface area (Å²) in [7, 11) is 4.05. The summed E-state index contributed by atoms with van der Waals surface area (Å²) in [5.41, 5.74) is 7.39. The van der Waals surface area contributed by atoms with E-state index in [4.69, 9.17) is 4.99 Å².